The van der Waals surface area contributed by atoms with Crippen LogP contribution in [0.1, 0.15) is 31.1 Å². The summed E-state index contributed by atoms with van der Waals surface area (Å²) in [6, 6.07) is 3.46. The summed E-state index contributed by atoms with van der Waals surface area (Å²) < 4.78 is 5.38. The van der Waals surface area contributed by atoms with Crippen molar-refractivity contribution in [2.75, 3.05) is 0 Å². The summed E-state index contributed by atoms with van der Waals surface area (Å²) in [5.74, 6) is -1.19. The molecule has 1 aromatic rings. The zero-order chi connectivity index (χ0) is 13.2. The van der Waals surface area contributed by atoms with Gasteiger partial charge in [-0.2, -0.15) is 0 Å². The van der Waals surface area contributed by atoms with Gasteiger partial charge in [0.1, 0.15) is 5.60 Å². The van der Waals surface area contributed by atoms with Crippen LogP contribution in [0.4, 0.5) is 5.69 Å². The standard InChI is InChI=1S/C11H13NO5/c1-11(2,3)17-9-6-7(10(13)14)4-5-8(9)12(15)16/h4-6H,1-3H3,(H,13,14). The van der Waals surface area contributed by atoms with Gasteiger partial charge in [-0.05, 0) is 26.8 Å². The van der Waals surface area contributed by atoms with E-state index in [1.807, 2.05) is 0 Å². The van der Waals surface area contributed by atoms with Crippen LogP contribution in [0.5, 0.6) is 5.75 Å². The van der Waals surface area contributed by atoms with Gasteiger partial charge in [-0.3, -0.25) is 10.1 Å². The normalized spacial score (nSPS) is 11.0. The molecule has 92 valence electrons. The van der Waals surface area contributed by atoms with Gasteiger partial charge in [0, 0.05) is 12.1 Å². The Morgan fingerprint density at radius 1 is 1.41 bits per heavy atom. The fourth-order valence-electron chi connectivity index (χ4n) is 1.21. The summed E-state index contributed by atoms with van der Waals surface area (Å²) in [7, 11) is 0. The van der Waals surface area contributed by atoms with Crippen molar-refractivity contribution in [1.29, 1.82) is 0 Å². The molecule has 17 heavy (non-hydrogen) atoms. The number of nitro groups is 1. The van der Waals surface area contributed by atoms with Crippen molar-refractivity contribution >= 4 is 11.7 Å². The first-order valence-electron chi connectivity index (χ1n) is 4.91. The largest absolute Gasteiger partial charge is 0.481 e. The lowest BCUT2D eigenvalue weighted by Gasteiger charge is -2.21. The Kier molecular flexibility index (Phi) is 3.36. The van der Waals surface area contributed by atoms with Gasteiger partial charge in [0.05, 0.1) is 10.5 Å². The van der Waals surface area contributed by atoms with Crippen LogP contribution in [-0.4, -0.2) is 21.6 Å². The molecular formula is C11H13NO5. The van der Waals surface area contributed by atoms with E-state index in [-0.39, 0.29) is 17.0 Å². The molecule has 0 bridgehead atoms. The summed E-state index contributed by atoms with van der Waals surface area (Å²) in [6.07, 6.45) is 0. The predicted octanol–water partition coefficient (Wildman–Crippen LogP) is 2.47. The lowest BCUT2D eigenvalue weighted by Crippen LogP contribution is -2.23. The number of aromatic carboxylic acids is 1. The van der Waals surface area contributed by atoms with E-state index < -0.39 is 16.5 Å². The number of hydrogen-bond donors (Lipinski definition) is 1. The van der Waals surface area contributed by atoms with Gasteiger partial charge in [-0.15, -0.1) is 0 Å². The molecule has 0 spiro atoms. The molecule has 1 N–H and O–H groups in total. The Balaban J connectivity index is 3.25. The van der Waals surface area contributed by atoms with Crippen LogP contribution < -0.4 is 4.74 Å². The average Bonchev–Trinajstić information content (AvgIpc) is 2.14. The predicted molar refractivity (Wildman–Crippen MR) is 60.4 cm³/mol. The van der Waals surface area contributed by atoms with E-state index >= 15 is 0 Å². The molecule has 0 radical (unpaired) electrons. The average molecular weight is 239 g/mol. The van der Waals surface area contributed by atoms with Crippen molar-refractivity contribution < 1.29 is 19.6 Å². The Hall–Kier alpha value is -2.11. The molecule has 0 saturated carbocycles. The van der Waals surface area contributed by atoms with Crippen molar-refractivity contribution in [3.63, 3.8) is 0 Å². The van der Waals surface area contributed by atoms with Gasteiger partial charge in [0.25, 0.3) is 0 Å². The highest BCUT2D eigenvalue weighted by atomic mass is 16.6. The molecule has 0 atom stereocenters. The summed E-state index contributed by atoms with van der Waals surface area (Å²) >= 11 is 0. The van der Waals surface area contributed by atoms with Crippen LogP contribution >= 0.6 is 0 Å². The van der Waals surface area contributed by atoms with Gasteiger partial charge in [0.2, 0.25) is 0 Å². The molecule has 1 aromatic carbocycles. The van der Waals surface area contributed by atoms with E-state index in [1.165, 1.54) is 6.07 Å². The molecule has 0 aliphatic heterocycles. The zero-order valence-electron chi connectivity index (χ0n) is 9.76. The highest BCUT2D eigenvalue weighted by molar-refractivity contribution is 5.88. The summed E-state index contributed by atoms with van der Waals surface area (Å²) in [5.41, 5.74) is -0.929. The topological polar surface area (TPSA) is 89.7 Å². The minimum atomic E-state index is -1.15. The molecule has 0 aromatic heterocycles. The fourth-order valence-corrected chi connectivity index (χ4v) is 1.21. The first-order chi connectivity index (χ1) is 7.70. The smallest absolute Gasteiger partial charge is 0.335 e. The Labute approximate surface area is 98.0 Å². The number of nitro benzene ring substituents is 1. The van der Waals surface area contributed by atoms with Crippen molar-refractivity contribution in [3.05, 3.63) is 33.9 Å². The lowest BCUT2D eigenvalue weighted by atomic mass is 10.1. The minimum absolute atomic E-state index is 0.0394. The van der Waals surface area contributed by atoms with Crippen LogP contribution in [-0.2, 0) is 0 Å². The Morgan fingerprint density at radius 2 is 2.00 bits per heavy atom. The third kappa shape index (κ3) is 3.44. The lowest BCUT2D eigenvalue weighted by molar-refractivity contribution is -0.386. The number of carbonyl (C=O) groups is 1. The second kappa shape index (κ2) is 4.40. The van der Waals surface area contributed by atoms with E-state index in [0.29, 0.717) is 0 Å². The van der Waals surface area contributed by atoms with Crippen molar-refractivity contribution in [2.45, 2.75) is 26.4 Å². The molecule has 0 amide bonds. The second-order valence-corrected chi connectivity index (χ2v) is 4.46. The van der Waals surface area contributed by atoms with Crippen LogP contribution in [0.3, 0.4) is 0 Å². The molecule has 6 heteroatoms. The fraction of sp³-hybridized carbons (Fsp3) is 0.364. The maximum atomic E-state index is 10.8. The molecule has 0 fully saturated rings. The zero-order valence-corrected chi connectivity index (χ0v) is 9.76. The van der Waals surface area contributed by atoms with Gasteiger partial charge >= 0.3 is 11.7 Å². The highest BCUT2D eigenvalue weighted by Gasteiger charge is 2.22. The number of rotatable bonds is 3. The Morgan fingerprint density at radius 3 is 2.41 bits per heavy atom. The number of benzene rings is 1. The van der Waals surface area contributed by atoms with Gasteiger partial charge in [-0.25, -0.2) is 4.79 Å². The maximum Gasteiger partial charge on any atom is 0.335 e. The van der Waals surface area contributed by atoms with Gasteiger partial charge in [0.15, 0.2) is 5.75 Å². The molecule has 0 aliphatic rings. The van der Waals surface area contributed by atoms with Crippen molar-refractivity contribution in [2.24, 2.45) is 0 Å². The molecule has 0 unspecified atom stereocenters. The quantitative estimate of drug-likeness (QED) is 0.646. The number of hydrogen-bond acceptors (Lipinski definition) is 4. The van der Waals surface area contributed by atoms with E-state index in [0.717, 1.165) is 12.1 Å². The SMILES string of the molecule is CC(C)(C)Oc1cc(C(=O)O)ccc1[N+](=O)[O-]. The highest BCUT2D eigenvalue weighted by Crippen LogP contribution is 2.30. The van der Waals surface area contributed by atoms with Crippen molar-refractivity contribution in [1.82, 2.24) is 0 Å². The van der Waals surface area contributed by atoms with E-state index in [1.54, 1.807) is 20.8 Å². The summed E-state index contributed by atoms with van der Waals surface area (Å²) in [5, 5.41) is 19.6. The van der Waals surface area contributed by atoms with Crippen LogP contribution in [0.2, 0.25) is 0 Å². The van der Waals surface area contributed by atoms with E-state index in [2.05, 4.69) is 0 Å². The molecule has 0 saturated heterocycles. The number of nitrogens with zero attached hydrogens (tertiary/aromatic N) is 1. The third-order valence-electron chi connectivity index (χ3n) is 1.82. The molecule has 0 heterocycles. The molecular weight excluding hydrogens is 226 g/mol. The van der Waals surface area contributed by atoms with E-state index in [9.17, 15) is 14.9 Å². The summed E-state index contributed by atoms with van der Waals surface area (Å²) in [6.45, 7) is 5.18. The van der Waals surface area contributed by atoms with E-state index in [4.69, 9.17) is 9.84 Å². The van der Waals surface area contributed by atoms with Gasteiger partial charge in [-0.1, -0.05) is 0 Å². The van der Waals surface area contributed by atoms with Crippen LogP contribution in [0, 0.1) is 10.1 Å². The number of carboxylic acids is 1. The van der Waals surface area contributed by atoms with Crippen LogP contribution in [0.25, 0.3) is 0 Å². The molecule has 6 nitrogen and oxygen atoms in total. The minimum Gasteiger partial charge on any atom is -0.481 e. The number of ether oxygens (including phenoxy) is 1. The monoisotopic (exact) mass is 239 g/mol. The third-order valence-corrected chi connectivity index (χ3v) is 1.82. The number of carboxylic acid groups (broad SMARTS) is 1. The first kappa shape index (κ1) is 13.0. The summed E-state index contributed by atoms with van der Waals surface area (Å²) in [4.78, 5) is 20.9. The Bertz CT molecular complexity index is 461. The van der Waals surface area contributed by atoms with Gasteiger partial charge < -0.3 is 9.84 Å². The molecule has 0 aliphatic carbocycles. The molecule has 1 rings (SSSR count). The van der Waals surface area contributed by atoms with Crippen LogP contribution in [0.15, 0.2) is 18.2 Å². The second-order valence-electron chi connectivity index (χ2n) is 4.46. The first-order valence-corrected chi connectivity index (χ1v) is 4.91. The van der Waals surface area contributed by atoms with Crippen molar-refractivity contribution in [3.8, 4) is 5.75 Å². The maximum absolute atomic E-state index is 10.8.